The maximum absolute atomic E-state index is 11.9. The Morgan fingerprint density at radius 1 is 1.40 bits per heavy atom. The number of nitrogens with one attached hydrogen (secondary N) is 1. The Balaban J connectivity index is 2.73. The maximum Gasteiger partial charge on any atom is 0.294 e. The van der Waals surface area contributed by atoms with Crippen molar-refractivity contribution in [1.82, 2.24) is 5.32 Å². The summed E-state index contributed by atoms with van der Waals surface area (Å²) < 4.78 is 0. The molecule has 2 N–H and O–H groups in total. The molecule has 0 spiro atoms. The topological polar surface area (TPSA) is 119 Å². The van der Waals surface area contributed by atoms with Crippen LogP contribution in [0.5, 0.6) is 5.75 Å². The molecule has 0 aromatic heterocycles. The molecule has 0 bridgehead atoms. The number of aromatic hydroxyl groups is 1. The second-order valence-corrected chi connectivity index (χ2v) is 4.68. The number of carbonyl (C=O) groups is 2. The maximum atomic E-state index is 11.9. The van der Waals surface area contributed by atoms with Crippen molar-refractivity contribution in [2.45, 2.75) is 13.8 Å². The number of para-hydroxylation sites is 1. The van der Waals surface area contributed by atoms with Crippen molar-refractivity contribution < 1.29 is 24.6 Å². The van der Waals surface area contributed by atoms with Crippen molar-refractivity contribution in [2.75, 3.05) is 6.61 Å². The third-order valence-electron chi connectivity index (χ3n) is 2.52. The molecular formula is C12H14N2O6. The Bertz CT molecular complexity index is 541. The summed E-state index contributed by atoms with van der Waals surface area (Å²) in [6.07, 6.45) is 0. The summed E-state index contributed by atoms with van der Waals surface area (Å²) in [7, 11) is 0. The zero-order valence-electron chi connectivity index (χ0n) is 11.0. The Labute approximate surface area is 114 Å². The molecule has 0 saturated carbocycles. The lowest BCUT2D eigenvalue weighted by Gasteiger charge is -2.21. The van der Waals surface area contributed by atoms with Crippen LogP contribution in [-0.4, -0.2) is 28.6 Å². The van der Waals surface area contributed by atoms with E-state index in [1.54, 1.807) is 0 Å². The standard InChI is InChI=1S/C12H14N2O6/c1-12(2,7-20-14(18)19)11(17)13-10(16)8-5-3-4-6-9(8)15/h3-6,15H,7H2,1-2H3,(H,13,16,17). The van der Waals surface area contributed by atoms with Gasteiger partial charge in [-0.3, -0.25) is 14.9 Å². The first-order valence-corrected chi connectivity index (χ1v) is 5.65. The van der Waals surface area contributed by atoms with Gasteiger partial charge in [0.2, 0.25) is 5.91 Å². The van der Waals surface area contributed by atoms with Gasteiger partial charge in [-0.05, 0) is 26.0 Å². The fraction of sp³-hybridized carbons (Fsp3) is 0.333. The first-order valence-electron chi connectivity index (χ1n) is 5.65. The zero-order chi connectivity index (χ0) is 15.3. The summed E-state index contributed by atoms with van der Waals surface area (Å²) in [5, 5.41) is 20.6. The quantitative estimate of drug-likeness (QED) is 0.611. The van der Waals surface area contributed by atoms with Gasteiger partial charge in [0.05, 0.1) is 11.0 Å². The van der Waals surface area contributed by atoms with E-state index in [0.717, 1.165) is 0 Å². The smallest absolute Gasteiger partial charge is 0.294 e. The number of hydrogen-bond donors (Lipinski definition) is 2. The van der Waals surface area contributed by atoms with Gasteiger partial charge in [0.1, 0.15) is 12.4 Å². The number of amides is 2. The van der Waals surface area contributed by atoms with Gasteiger partial charge < -0.3 is 9.94 Å². The van der Waals surface area contributed by atoms with Crippen LogP contribution in [0.1, 0.15) is 24.2 Å². The molecule has 0 fully saturated rings. The van der Waals surface area contributed by atoms with Crippen molar-refractivity contribution >= 4 is 11.8 Å². The monoisotopic (exact) mass is 282 g/mol. The number of rotatable bonds is 5. The van der Waals surface area contributed by atoms with E-state index in [1.165, 1.54) is 38.1 Å². The van der Waals surface area contributed by atoms with Gasteiger partial charge in [0.15, 0.2) is 0 Å². The molecule has 0 saturated heterocycles. The van der Waals surface area contributed by atoms with Crippen LogP contribution in [0.25, 0.3) is 0 Å². The number of nitrogens with zero attached hydrogens (tertiary/aromatic N) is 1. The lowest BCUT2D eigenvalue weighted by atomic mass is 9.93. The van der Waals surface area contributed by atoms with E-state index >= 15 is 0 Å². The van der Waals surface area contributed by atoms with Gasteiger partial charge in [-0.25, -0.2) is 0 Å². The van der Waals surface area contributed by atoms with E-state index in [1.807, 2.05) is 0 Å². The van der Waals surface area contributed by atoms with E-state index in [-0.39, 0.29) is 11.3 Å². The fourth-order valence-corrected chi connectivity index (χ4v) is 1.28. The molecule has 1 aromatic carbocycles. The van der Waals surface area contributed by atoms with E-state index in [4.69, 9.17) is 0 Å². The van der Waals surface area contributed by atoms with Crippen molar-refractivity contribution in [2.24, 2.45) is 5.41 Å². The van der Waals surface area contributed by atoms with Gasteiger partial charge >= 0.3 is 0 Å². The molecular weight excluding hydrogens is 268 g/mol. The fourth-order valence-electron chi connectivity index (χ4n) is 1.28. The van der Waals surface area contributed by atoms with Crippen molar-refractivity contribution in [1.29, 1.82) is 0 Å². The minimum absolute atomic E-state index is 0.0631. The molecule has 0 radical (unpaired) electrons. The molecule has 0 atom stereocenters. The van der Waals surface area contributed by atoms with E-state index in [0.29, 0.717) is 0 Å². The van der Waals surface area contributed by atoms with Gasteiger partial charge in [0, 0.05) is 0 Å². The summed E-state index contributed by atoms with van der Waals surface area (Å²) in [5.41, 5.74) is -1.33. The Morgan fingerprint density at radius 2 is 2.00 bits per heavy atom. The highest BCUT2D eigenvalue weighted by Crippen LogP contribution is 2.18. The highest BCUT2D eigenvalue weighted by Gasteiger charge is 2.31. The third kappa shape index (κ3) is 3.94. The highest BCUT2D eigenvalue weighted by molar-refractivity contribution is 6.07. The van der Waals surface area contributed by atoms with Crippen LogP contribution < -0.4 is 5.32 Å². The molecule has 108 valence electrons. The molecule has 0 heterocycles. The number of phenols is 1. The van der Waals surface area contributed by atoms with Crippen LogP contribution in [0.15, 0.2) is 24.3 Å². The minimum atomic E-state index is -1.27. The summed E-state index contributed by atoms with van der Waals surface area (Å²) in [5.74, 6) is -1.80. The van der Waals surface area contributed by atoms with Crippen LogP contribution in [0.2, 0.25) is 0 Å². The first kappa shape index (κ1) is 15.4. The predicted molar refractivity (Wildman–Crippen MR) is 67.3 cm³/mol. The predicted octanol–water partition coefficient (Wildman–Crippen LogP) is 0.883. The molecule has 0 aliphatic heterocycles. The minimum Gasteiger partial charge on any atom is -0.507 e. The van der Waals surface area contributed by atoms with Crippen molar-refractivity contribution in [3.63, 3.8) is 0 Å². The lowest BCUT2D eigenvalue weighted by molar-refractivity contribution is -0.760. The van der Waals surface area contributed by atoms with E-state index in [2.05, 4.69) is 10.2 Å². The molecule has 0 aliphatic carbocycles. The van der Waals surface area contributed by atoms with Crippen LogP contribution in [0, 0.1) is 15.5 Å². The van der Waals surface area contributed by atoms with Gasteiger partial charge in [0.25, 0.3) is 11.0 Å². The molecule has 20 heavy (non-hydrogen) atoms. The molecule has 8 heteroatoms. The van der Waals surface area contributed by atoms with Crippen LogP contribution in [0.3, 0.4) is 0 Å². The van der Waals surface area contributed by atoms with Crippen molar-refractivity contribution in [3.05, 3.63) is 39.9 Å². The summed E-state index contributed by atoms with van der Waals surface area (Å²) in [6.45, 7) is 2.30. The normalized spacial score (nSPS) is 10.7. The largest absolute Gasteiger partial charge is 0.507 e. The average Bonchev–Trinajstić information content (AvgIpc) is 2.36. The van der Waals surface area contributed by atoms with E-state index in [9.17, 15) is 24.8 Å². The average molecular weight is 282 g/mol. The van der Waals surface area contributed by atoms with E-state index < -0.39 is 28.9 Å². The summed E-state index contributed by atoms with van der Waals surface area (Å²) in [6, 6.07) is 5.71. The molecule has 1 rings (SSSR count). The molecule has 2 amide bonds. The van der Waals surface area contributed by atoms with Crippen molar-refractivity contribution in [3.8, 4) is 5.75 Å². The number of carbonyl (C=O) groups excluding carboxylic acids is 2. The Hall–Kier alpha value is -2.64. The van der Waals surface area contributed by atoms with Crippen LogP contribution >= 0.6 is 0 Å². The number of phenolic OH excluding ortho intramolecular Hbond substituents is 1. The molecule has 0 aliphatic rings. The van der Waals surface area contributed by atoms with Gasteiger partial charge in [-0.2, -0.15) is 0 Å². The third-order valence-corrected chi connectivity index (χ3v) is 2.52. The summed E-state index contributed by atoms with van der Waals surface area (Å²) in [4.78, 5) is 37.9. The van der Waals surface area contributed by atoms with Crippen LogP contribution in [-0.2, 0) is 9.63 Å². The number of benzene rings is 1. The highest BCUT2D eigenvalue weighted by atomic mass is 16.9. The summed E-state index contributed by atoms with van der Waals surface area (Å²) >= 11 is 0. The van der Waals surface area contributed by atoms with Gasteiger partial charge in [-0.15, -0.1) is 10.1 Å². The lowest BCUT2D eigenvalue weighted by Crippen LogP contribution is -2.43. The number of imide groups is 1. The van der Waals surface area contributed by atoms with Gasteiger partial charge in [-0.1, -0.05) is 12.1 Å². The van der Waals surface area contributed by atoms with Crippen LogP contribution in [0.4, 0.5) is 0 Å². The molecule has 8 nitrogen and oxygen atoms in total. The first-order chi connectivity index (χ1) is 9.24. The SMILES string of the molecule is CC(C)(CO[N+](=O)[O-])C(=O)NC(=O)c1ccccc1O. The second-order valence-electron chi connectivity index (χ2n) is 4.68. The zero-order valence-corrected chi connectivity index (χ0v) is 11.0. The Morgan fingerprint density at radius 3 is 2.55 bits per heavy atom. The molecule has 1 aromatic rings. The molecule has 0 unspecified atom stereocenters. The second kappa shape index (κ2) is 6.00. The number of hydrogen-bond acceptors (Lipinski definition) is 6. The Kier molecular flexibility index (Phi) is 4.63.